The minimum absolute atomic E-state index is 0.623. The Hall–Kier alpha value is -0.780. The van der Waals surface area contributed by atoms with Crippen LogP contribution in [-0.4, -0.2) is 7.11 Å². The van der Waals surface area contributed by atoms with Crippen molar-refractivity contribution < 1.29 is 4.74 Å². The third kappa shape index (κ3) is 4.09. The molecule has 19 heavy (non-hydrogen) atoms. The molecule has 2 nitrogen and oxygen atoms in total. The highest BCUT2D eigenvalue weighted by atomic mass is 127. The molecule has 0 aromatic heterocycles. The second-order valence-electron chi connectivity index (χ2n) is 4.18. The summed E-state index contributed by atoms with van der Waals surface area (Å²) in [5, 5.41) is 4.11. The molecule has 0 atom stereocenters. The Kier molecular flexibility index (Phi) is 5.48. The van der Waals surface area contributed by atoms with Crippen molar-refractivity contribution in [2.75, 3.05) is 12.4 Å². The molecule has 0 unspecified atom stereocenters. The maximum absolute atomic E-state index is 6.20. The van der Waals surface area contributed by atoms with Gasteiger partial charge < -0.3 is 10.1 Å². The van der Waals surface area contributed by atoms with E-state index in [2.05, 4.69) is 40.0 Å². The molecule has 2 rings (SSSR count). The smallest absolute Gasteiger partial charge is 0.0716 e. The van der Waals surface area contributed by atoms with Gasteiger partial charge in [-0.05, 0) is 51.9 Å². The number of rotatable bonds is 5. The Balaban J connectivity index is 2.10. The molecule has 0 aliphatic heterocycles. The average Bonchev–Trinajstić information content (AvgIpc) is 2.40. The van der Waals surface area contributed by atoms with Crippen LogP contribution in [0.25, 0.3) is 0 Å². The molecule has 0 bridgehead atoms. The molecule has 0 spiro atoms. The Bertz CT molecular complexity index is 560. The number of halogens is 2. The summed E-state index contributed by atoms with van der Waals surface area (Å²) in [6, 6.07) is 14.2. The highest BCUT2D eigenvalue weighted by Crippen LogP contribution is 2.24. The van der Waals surface area contributed by atoms with Gasteiger partial charge in [-0.3, -0.25) is 0 Å². The van der Waals surface area contributed by atoms with E-state index in [9.17, 15) is 0 Å². The first-order valence-electron chi connectivity index (χ1n) is 5.95. The second kappa shape index (κ2) is 7.12. The van der Waals surface area contributed by atoms with Gasteiger partial charge in [-0.15, -0.1) is 0 Å². The van der Waals surface area contributed by atoms with Gasteiger partial charge >= 0.3 is 0 Å². The first-order valence-corrected chi connectivity index (χ1v) is 7.41. The molecule has 2 aromatic carbocycles. The predicted octanol–water partition coefficient (Wildman–Crippen LogP) is 4.70. The van der Waals surface area contributed by atoms with Crippen LogP contribution in [0.4, 0.5) is 5.69 Å². The van der Waals surface area contributed by atoms with Crippen molar-refractivity contribution in [3.63, 3.8) is 0 Å². The maximum atomic E-state index is 6.20. The lowest BCUT2D eigenvalue weighted by Crippen LogP contribution is -2.04. The van der Waals surface area contributed by atoms with Crippen LogP contribution in [0.1, 0.15) is 11.1 Å². The van der Waals surface area contributed by atoms with Crippen LogP contribution >= 0.6 is 34.2 Å². The molecule has 0 radical (unpaired) electrons. The van der Waals surface area contributed by atoms with Crippen molar-refractivity contribution in [2.24, 2.45) is 0 Å². The van der Waals surface area contributed by atoms with Crippen LogP contribution in [0.2, 0.25) is 5.02 Å². The number of benzene rings is 2. The van der Waals surface area contributed by atoms with Crippen molar-refractivity contribution >= 4 is 39.9 Å². The Morgan fingerprint density at radius 3 is 2.58 bits per heavy atom. The van der Waals surface area contributed by atoms with Crippen molar-refractivity contribution in [1.29, 1.82) is 0 Å². The van der Waals surface area contributed by atoms with Crippen LogP contribution in [0, 0.1) is 3.57 Å². The third-order valence-electron chi connectivity index (χ3n) is 2.82. The van der Waals surface area contributed by atoms with Gasteiger partial charge in [-0.25, -0.2) is 0 Å². The molecule has 1 N–H and O–H groups in total. The number of ether oxygens (including phenoxy) is 1. The lowest BCUT2D eigenvalue weighted by Gasteiger charge is -2.12. The van der Waals surface area contributed by atoms with Crippen LogP contribution in [0.3, 0.4) is 0 Å². The fourth-order valence-corrected chi connectivity index (χ4v) is 2.77. The van der Waals surface area contributed by atoms with Gasteiger partial charge in [0.15, 0.2) is 0 Å². The molecule has 0 aliphatic rings. The maximum Gasteiger partial charge on any atom is 0.0716 e. The zero-order chi connectivity index (χ0) is 13.7. The normalized spacial score (nSPS) is 10.5. The summed E-state index contributed by atoms with van der Waals surface area (Å²) >= 11 is 8.45. The minimum atomic E-state index is 0.623. The fourth-order valence-electron chi connectivity index (χ4n) is 1.85. The fraction of sp³-hybridized carbons (Fsp3) is 0.200. The van der Waals surface area contributed by atoms with Crippen LogP contribution in [0.5, 0.6) is 0 Å². The van der Waals surface area contributed by atoms with E-state index in [-0.39, 0.29) is 0 Å². The Labute approximate surface area is 132 Å². The second-order valence-corrected chi connectivity index (χ2v) is 5.83. The van der Waals surface area contributed by atoms with E-state index in [1.54, 1.807) is 7.11 Å². The molecule has 0 saturated heterocycles. The lowest BCUT2D eigenvalue weighted by atomic mass is 10.1. The van der Waals surface area contributed by atoms with Crippen molar-refractivity contribution in [2.45, 2.75) is 13.2 Å². The van der Waals surface area contributed by atoms with Crippen molar-refractivity contribution in [1.82, 2.24) is 0 Å². The van der Waals surface area contributed by atoms with E-state index < -0.39 is 0 Å². The highest BCUT2D eigenvalue weighted by Gasteiger charge is 2.04. The monoisotopic (exact) mass is 387 g/mol. The topological polar surface area (TPSA) is 21.3 Å². The van der Waals surface area contributed by atoms with Gasteiger partial charge in [0.1, 0.15) is 0 Å². The zero-order valence-corrected chi connectivity index (χ0v) is 13.5. The quantitative estimate of drug-likeness (QED) is 0.751. The molecule has 0 amide bonds. The molecule has 100 valence electrons. The van der Waals surface area contributed by atoms with Gasteiger partial charge in [0.25, 0.3) is 0 Å². The van der Waals surface area contributed by atoms with E-state index in [0.717, 1.165) is 20.8 Å². The van der Waals surface area contributed by atoms with E-state index in [1.807, 2.05) is 30.3 Å². The van der Waals surface area contributed by atoms with E-state index >= 15 is 0 Å². The van der Waals surface area contributed by atoms with Crippen molar-refractivity contribution in [3.8, 4) is 0 Å². The van der Waals surface area contributed by atoms with E-state index in [1.165, 1.54) is 11.1 Å². The summed E-state index contributed by atoms with van der Waals surface area (Å²) < 4.78 is 6.34. The molecule has 0 fully saturated rings. The standard InChI is InChI=1S/C15H15ClINO/c1-19-10-12-5-3-2-4-11(12)9-18-15-7-6-13(17)8-14(15)16/h2-8,18H,9-10H2,1H3. The van der Waals surface area contributed by atoms with E-state index in [4.69, 9.17) is 16.3 Å². The summed E-state index contributed by atoms with van der Waals surface area (Å²) in [6.45, 7) is 1.36. The van der Waals surface area contributed by atoms with E-state index in [0.29, 0.717) is 6.61 Å². The first kappa shape index (κ1) is 14.6. The van der Waals surface area contributed by atoms with Gasteiger partial charge in [-0.2, -0.15) is 0 Å². The zero-order valence-electron chi connectivity index (χ0n) is 10.6. The average molecular weight is 388 g/mol. The first-order chi connectivity index (χ1) is 9.20. The lowest BCUT2D eigenvalue weighted by molar-refractivity contribution is 0.184. The number of methoxy groups -OCH3 is 1. The molecule has 0 aliphatic carbocycles. The Morgan fingerprint density at radius 1 is 1.16 bits per heavy atom. The number of nitrogens with one attached hydrogen (secondary N) is 1. The summed E-state index contributed by atoms with van der Waals surface area (Å²) in [7, 11) is 1.71. The number of anilines is 1. The molecular weight excluding hydrogens is 373 g/mol. The molecule has 2 aromatic rings. The van der Waals surface area contributed by atoms with Gasteiger partial charge in [0.05, 0.1) is 17.3 Å². The summed E-state index contributed by atoms with van der Waals surface area (Å²) in [5.74, 6) is 0. The Morgan fingerprint density at radius 2 is 1.89 bits per heavy atom. The van der Waals surface area contributed by atoms with Gasteiger partial charge in [0.2, 0.25) is 0 Å². The van der Waals surface area contributed by atoms with Crippen molar-refractivity contribution in [3.05, 3.63) is 62.2 Å². The van der Waals surface area contributed by atoms with Gasteiger partial charge in [0, 0.05) is 17.2 Å². The molecule has 0 heterocycles. The number of hydrogen-bond donors (Lipinski definition) is 1. The third-order valence-corrected chi connectivity index (χ3v) is 3.80. The highest BCUT2D eigenvalue weighted by molar-refractivity contribution is 14.1. The molecule has 0 saturated carbocycles. The van der Waals surface area contributed by atoms with Crippen LogP contribution < -0.4 is 5.32 Å². The minimum Gasteiger partial charge on any atom is -0.380 e. The summed E-state index contributed by atoms with van der Waals surface area (Å²) in [6.07, 6.45) is 0. The summed E-state index contributed by atoms with van der Waals surface area (Å²) in [4.78, 5) is 0. The predicted molar refractivity (Wildman–Crippen MR) is 88.7 cm³/mol. The van der Waals surface area contributed by atoms with Crippen LogP contribution in [0.15, 0.2) is 42.5 Å². The summed E-state index contributed by atoms with van der Waals surface area (Å²) in [5.41, 5.74) is 3.37. The number of hydrogen-bond acceptors (Lipinski definition) is 2. The molecular formula is C15H15ClINO. The van der Waals surface area contributed by atoms with Gasteiger partial charge in [-0.1, -0.05) is 35.9 Å². The van der Waals surface area contributed by atoms with Crippen LogP contribution in [-0.2, 0) is 17.9 Å². The molecule has 4 heteroatoms. The largest absolute Gasteiger partial charge is 0.380 e. The SMILES string of the molecule is COCc1ccccc1CNc1ccc(I)cc1Cl.